The maximum absolute atomic E-state index is 5.94. The van der Waals surface area contributed by atoms with Gasteiger partial charge in [0.1, 0.15) is 12.4 Å². The van der Waals surface area contributed by atoms with E-state index >= 15 is 0 Å². The summed E-state index contributed by atoms with van der Waals surface area (Å²) >= 11 is 0. The topological polar surface area (TPSA) is 39.7 Å². The highest BCUT2D eigenvalue weighted by molar-refractivity contribution is 5.36. The smallest absolute Gasteiger partial charge is 0.124 e. The van der Waals surface area contributed by atoms with Crippen LogP contribution in [0.2, 0.25) is 0 Å². The summed E-state index contributed by atoms with van der Waals surface area (Å²) in [5.74, 6) is 0.887. The van der Waals surface area contributed by atoms with Gasteiger partial charge in [-0.3, -0.25) is 0 Å². The summed E-state index contributed by atoms with van der Waals surface area (Å²) in [7, 11) is 1.67. The Hall–Kier alpha value is -1.10. The van der Waals surface area contributed by atoms with Crippen molar-refractivity contribution in [1.29, 1.82) is 0 Å². The molecule has 1 N–H and O–H groups in total. The molecule has 21 heavy (non-hydrogen) atoms. The van der Waals surface area contributed by atoms with Crippen LogP contribution in [0.15, 0.2) is 24.3 Å². The fraction of sp³-hybridized carbons (Fsp3) is 0.647. The second-order valence-corrected chi connectivity index (χ2v) is 5.91. The zero-order chi connectivity index (χ0) is 15.7. The van der Waals surface area contributed by atoms with E-state index < -0.39 is 0 Å². The minimum atomic E-state index is -0.153. The third-order valence-electron chi connectivity index (χ3n) is 2.97. The van der Waals surface area contributed by atoms with Gasteiger partial charge in [0.15, 0.2) is 0 Å². The van der Waals surface area contributed by atoms with Gasteiger partial charge in [0.2, 0.25) is 0 Å². The highest BCUT2D eigenvalue weighted by Gasteiger charge is 2.19. The summed E-state index contributed by atoms with van der Waals surface area (Å²) in [5.41, 5.74) is 0.971. The average Bonchev–Trinajstić information content (AvgIpc) is 2.43. The number of ether oxygens (including phenoxy) is 3. The molecule has 0 aliphatic rings. The number of nitrogens with one attached hydrogen (secondary N) is 1. The third kappa shape index (κ3) is 6.93. The largest absolute Gasteiger partial charge is 0.491 e. The van der Waals surface area contributed by atoms with Crippen molar-refractivity contribution in [2.45, 2.75) is 39.3 Å². The van der Waals surface area contributed by atoms with Crippen molar-refractivity contribution in [3.63, 3.8) is 0 Å². The standard InChI is InChI=1S/C17H29NO3/c1-6-18-15(13-21-17(2,3)4)14-9-7-8-10-16(14)20-12-11-19-5/h7-10,15,18H,6,11-13H2,1-5H3. The monoisotopic (exact) mass is 295 g/mol. The summed E-state index contributed by atoms with van der Waals surface area (Å²) in [6.07, 6.45) is 0. The second kappa shape index (κ2) is 9.03. The molecule has 120 valence electrons. The molecule has 0 saturated carbocycles. The van der Waals surface area contributed by atoms with Crippen LogP contribution in [0.3, 0.4) is 0 Å². The predicted octanol–water partition coefficient (Wildman–Crippen LogP) is 3.18. The summed E-state index contributed by atoms with van der Waals surface area (Å²) < 4.78 is 16.8. The lowest BCUT2D eigenvalue weighted by Gasteiger charge is -2.26. The lowest BCUT2D eigenvalue weighted by molar-refractivity contribution is -0.0149. The van der Waals surface area contributed by atoms with Gasteiger partial charge in [-0.25, -0.2) is 0 Å². The predicted molar refractivity (Wildman–Crippen MR) is 85.9 cm³/mol. The van der Waals surface area contributed by atoms with Crippen molar-refractivity contribution in [2.75, 3.05) is 33.5 Å². The molecule has 0 fully saturated rings. The number of rotatable bonds is 9. The molecular formula is C17H29NO3. The van der Waals surface area contributed by atoms with E-state index in [1.165, 1.54) is 0 Å². The molecule has 0 amide bonds. The average molecular weight is 295 g/mol. The molecule has 1 atom stereocenters. The molecule has 4 nitrogen and oxygen atoms in total. The van der Waals surface area contributed by atoms with Crippen molar-refractivity contribution < 1.29 is 14.2 Å². The molecule has 0 spiro atoms. The molecule has 1 aromatic rings. The van der Waals surface area contributed by atoms with E-state index in [1.54, 1.807) is 7.11 Å². The molecule has 0 heterocycles. The molecule has 0 aromatic heterocycles. The summed E-state index contributed by atoms with van der Waals surface area (Å²) in [6, 6.07) is 8.21. The van der Waals surface area contributed by atoms with Crippen LogP contribution in [-0.2, 0) is 9.47 Å². The first kappa shape index (κ1) is 18.0. The van der Waals surface area contributed by atoms with E-state index in [0.29, 0.717) is 19.8 Å². The van der Waals surface area contributed by atoms with Crippen LogP contribution in [-0.4, -0.2) is 39.1 Å². The maximum atomic E-state index is 5.94. The molecule has 1 aromatic carbocycles. The normalized spacial score (nSPS) is 13.2. The first-order valence-electron chi connectivity index (χ1n) is 7.56. The van der Waals surface area contributed by atoms with Crippen LogP contribution in [0.4, 0.5) is 0 Å². The van der Waals surface area contributed by atoms with Gasteiger partial charge in [-0.2, -0.15) is 0 Å². The number of benzene rings is 1. The van der Waals surface area contributed by atoms with Crippen molar-refractivity contribution in [2.24, 2.45) is 0 Å². The Morgan fingerprint density at radius 1 is 1.14 bits per heavy atom. The van der Waals surface area contributed by atoms with Gasteiger partial charge in [0.05, 0.1) is 24.9 Å². The van der Waals surface area contributed by atoms with Crippen molar-refractivity contribution in [1.82, 2.24) is 5.32 Å². The molecule has 1 rings (SSSR count). The van der Waals surface area contributed by atoms with E-state index in [2.05, 4.69) is 39.1 Å². The van der Waals surface area contributed by atoms with Gasteiger partial charge in [0, 0.05) is 12.7 Å². The Balaban J connectivity index is 2.80. The van der Waals surface area contributed by atoms with Crippen LogP contribution >= 0.6 is 0 Å². The van der Waals surface area contributed by atoms with Crippen LogP contribution in [0.5, 0.6) is 5.75 Å². The first-order chi connectivity index (χ1) is 9.98. The SMILES string of the molecule is CCNC(COC(C)(C)C)c1ccccc1OCCOC. The number of hydrogen-bond donors (Lipinski definition) is 1. The Kier molecular flexibility index (Phi) is 7.72. The minimum Gasteiger partial charge on any atom is -0.491 e. The summed E-state index contributed by atoms with van der Waals surface area (Å²) in [6.45, 7) is 10.9. The van der Waals surface area contributed by atoms with Crippen LogP contribution in [0, 0.1) is 0 Å². The Morgan fingerprint density at radius 2 is 1.86 bits per heavy atom. The van der Waals surface area contributed by atoms with Crippen LogP contribution in [0.1, 0.15) is 39.3 Å². The molecular weight excluding hydrogens is 266 g/mol. The summed E-state index contributed by atoms with van der Waals surface area (Å²) in [5, 5.41) is 3.47. The van der Waals surface area contributed by atoms with Gasteiger partial charge in [-0.05, 0) is 33.4 Å². The Bertz CT molecular complexity index is 401. The van der Waals surface area contributed by atoms with Crippen LogP contribution in [0.25, 0.3) is 0 Å². The van der Waals surface area contributed by atoms with E-state index in [4.69, 9.17) is 14.2 Å². The van der Waals surface area contributed by atoms with Gasteiger partial charge < -0.3 is 19.5 Å². The number of para-hydroxylation sites is 1. The van der Waals surface area contributed by atoms with Crippen molar-refractivity contribution in [3.05, 3.63) is 29.8 Å². The maximum Gasteiger partial charge on any atom is 0.124 e. The zero-order valence-electron chi connectivity index (χ0n) is 13.9. The molecule has 0 bridgehead atoms. The molecule has 0 radical (unpaired) electrons. The number of methoxy groups -OCH3 is 1. The van der Waals surface area contributed by atoms with E-state index in [1.807, 2.05) is 18.2 Å². The molecule has 0 saturated heterocycles. The highest BCUT2D eigenvalue weighted by Crippen LogP contribution is 2.26. The van der Waals surface area contributed by atoms with Crippen molar-refractivity contribution in [3.8, 4) is 5.75 Å². The third-order valence-corrected chi connectivity index (χ3v) is 2.97. The lowest BCUT2D eigenvalue weighted by Crippen LogP contribution is -2.30. The Labute approximate surface area is 128 Å². The molecule has 4 heteroatoms. The highest BCUT2D eigenvalue weighted by atomic mass is 16.5. The zero-order valence-corrected chi connectivity index (χ0v) is 13.9. The fourth-order valence-corrected chi connectivity index (χ4v) is 1.97. The number of likely N-dealkylation sites (N-methyl/N-ethyl adjacent to an activating group) is 1. The number of hydrogen-bond acceptors (Lipinski definition) is 4. The summed E-state index contributed by atoms with van der Waals surface area (Å²) in [4.78, 5) is 0. The van der Waals surface area contributed by atoms with Gasteiger partial charge in [-0.15, -0.1) is 0 Å². The van der Waals surface area contributed by atoms with Crippen molar-refractivity contribution >= 4 is 0 Å². The van der Waals surface area contributed by atoms with Gasteiger partial charge >= 0.3 is 0 Å². The first-order valence-corrected chi connectivity index (χ1v) is 7.56. The van der Waals surface area contributed by atoms with E-state index in [0.717, 1.165) is 17.9 Å². The van der Waals surface area contributed by atoms with Crippen LogP contribution < -0.4 is 10.1 Å². The Morgan fingerprint density at radius 3 is 2.48 bits per heavy atom. The van der Waals surface area contributed by atoms with Gasteiger partial charge in [0.25, 0.3) is 0 Å². The lowest BCUT2D eigenvalue weighted by atomic mass is 10.1. The minimum absolute atomic E-state index is 0.118. The molecule has 0 aliphatic carbocycles. The quantitative estimate of drug-likeness (QED) is 0.710. The molecule has 1 unspecified atom stereocenters. The van der Waals surface area contributed by atoms with E-state index in [-0.39, 0.29) is 11.6 Å². The fourth-order valence-electron chi connectivity index (χ4n) is 1.97. The molecule has 0 aliphatic heterocycles. The van der Waals surface area contributed by atoms with E-state index in [9.17, 15) is 0 Å². The van der Waals surface area contributed by atoms with Gasteiger partial charge in [-0.1, -0.05) is 25.1 Å². The second-order valence-electron chi connectivity index (χ2n) is 5.91.